The summed E-state index contributed by atoms with van der Waals surface area (Å²) in [5, 5.41) is 22.4. The van der Waals surface area contributed by atoms with Crippen molar-refractivity contribution in [2.75, 3.05) is 13.2 Å². The van der Waals surface area contributed by atoms with Crippen molar-refractivity contribution < 1.29 is 24.5 Å². The number of hydrogen-bond acceptors (Lipinski definition) is 4. The molecule has 0 aromatic carbocycles. The number of carboxylic acid groups (broad SMARTS) is 1. The average Bonchev–Trinajstić information content (AvgIpc) is 2.63. The lowest BCUT2D eigenvalue weighted by Gasteiger charge is -2.19. The summed E-state index contributed by atoms with van der Waals surface area (Å²) >= 11 is 0. The molecule has 1 aliphatic heterocycles. The second kappa shape index (κ2) is 6.41. The van der Waals surface area contributed by atoms with Crippen LogP contribution in [0.1, 0.15) is 19.8 Å². The molecule has 98 valence electrons. The van der Waals surface area contributed by atoms with Gasteiger partial charge in [0.25, 0.3) is 0 Å². The summed E-state index contributed by atoms with van der Waals surface area (Å²) in [5.41, 5.74) is 0. The van der Waals surface area contributed by atoms with E-state index in [4.69, 9.17) is 14.9 Å². The van der Waals surface area contributed by atoms with Crippen LogP contribution in [0.15, 0.2) is 0 Å². The van der Waals surface area contributed by atoms with Gasteiger partial charge in [0.1, 0.15) is 6.04 Å². The normalized spacial score (nSPS) is 25.3. The molecule has 7 nitrogen and oxygen atoms in total. The van der Waals surface area contributed by atoms with Gasteiger partial charge in [-0.15, -0.1) is 0 Å². The maximum atomic E-state index is 11.5. The van der Waals surface area contributed by atoms with Crippen molar-refractivity contribution >= 4 is 12.0 Å². The summed E-state index contributed by atoms with van der Waals surface area (Å²) in [4.78, 5) is 22.3. The van der Waals surface area contributed by atoms with Crippen molar-refractivity contribution in [3.8, 4) is 0 Å². The van der Waals surface area contributed by atoms with Crippen LogP contribution < -0.4 is 10.6 Å². The van der Waals surface area contributed by atoms with Crippen LogP contribution in [0.5, 0.6) is 0 Å². The molecule has 1 fully saturated rings. The van der Waals surface area contributed by atoms with Gasteiger partial charge in [0.15, 0.2) is 0 Å². The summed E-state index contributed by atoms with van der Waals surface area (Å²) in [7, 11) is 0. The molecular formula is C10H18N2O5. The van der Waals surface area contributed by atoms with Gasteiger partial charge in [-0.2, -0.15) is 0 Å². The highest BCUT2D eigenvalue weighted by atomic mass is 16.5. The summed E-state index contributed by atoms with van der Waals surface area (Å²) < 4.78 is 5.27. The predicted molar refractivity (Wildman–Crippen MR) is 58.6 cm³/mol. The fraction of sp³-hybridized carbons (Fsp3) is 0.800. The smallest absolute Gasteiger partial charge is 0.326 e. The van der Waals surface area contributed by atoms with Crippen LogP contribution in [0.4, 0.5) is 4.79 Å². The molecule has 0 saturated carbocycles. The minimum atomic E-state index is -1.16. The van der Waals surface area contributed by atoms with E-state index in [0.29, 0.717) is 13.0 Å². The molecule has 0 spiro atoms. The Hall–Kier alpha value is -1.34. The van der Waals surface area contributed by atoms with Crippen LogP contribution in [-0.4, -0.2) is 53.6 Å². The van der Waals surface area contributed by atoms with Gasteiger partial charge in [-0.3, -0.25) is 0 Å². The van der Waals surface area contributed by atoms with E-state index in [1.54, 1.807) is 0 Å². The third-order valence-corrected chi connectivity index (χ3v) is 2.71. The highest BCUT2D eigenvalue weighted by Crippen LogP contribution is 2.12. The summed E-state index contributed by atoms with van der Waals surface area (Å²) in [6, 6.07) is -1.72. The molecule has 0 radical (unpaired) electrons. The van der Waals surface area contributed by atoms with Crippen LogP contribution in [0.2, 0.25) is 0 Å². The first-order valence-corrected chi connectivity index (χ1v) is 5.57. The molecule has 7 heteroatoms. The maximum Gasteiger partial charge on any atom is 0.326 e. The van der Waals surface area contributed by atoms with E-state index < -0.39 is 18.0 Å². The van der Waals surface area contributed by atoms with Crippen molar-refractivity contribution in [3.05, 3.63) is 0 Å². The zero-order valence-corrected chi connectivity index (χ0v) is 9.68. The quantitative estimate of drug-likeness (QED) is 0.513. The first-order chi connectivity index (χ1) is 8.04. The molecule has 0 bridgehead atoms. The summed E-state index contributed by atoms with van der Waals surface area (Å²) in [6.45, 7) is 2.14. The Labute approximate surface area is 99.1 Å². The van der Waals surface area contributed by atoms with Gasteiger partial charge < -0.3 is 25.6 Å². The summed E-state index contributed by atoms with van der Waals surface area (Å²) in [6.07, 6.45) is 0.632. The molecule has 17 heavy (non-hydrogen) atoms. The zero-order valence-electron chi connectivity index (χ0n) is 9.68. The fourth-order valence-corrected chi connectivity index (χ4v) is 1.68. The Balaban J connectivity index is 2.39. The number of aliphatic hydroxyl groups excluding tert-OH is 1. The molecule has 0 aliphatic carbocycles. The standard InChI is InChI=1S/C10H18N2O5/c1-6-7(3-5-17-6)11-10(16)12-8(2-4-13)9(14)15/h6-8,13H,2-5H2,1H3,(H,14,15)(H2,11,12,16)/t6?,7?,8-/m0/s1. The van der Waals surface area contributed by atoms with E-state index in [1.165, 1.54) is 0 Å². The van der Waals surface area contributed by atoms with Crippen LogP contribution in [0.3, 0.4) is 0 Å². The van der Waals surface area contributed by atoms with E-state index in [1.807, 2.05) is 6.92 Å². The van der Waals surface area contributed by atoms with Crippen LogP contribution in [0.25, 0.3) is 0 Å². The minimum absolute atomic E-state index is 0.0144. The average molecular weight is 246 g/mol. The molecule has 0 aromatic rings. The maximum absolute atomic E-state index is 11.5. The number of aliphatic carboxylic acids is 1. The number of rotatable bonds is 5. The fourth-order valence-electron chi connectivity index (χ4n) is 1.68. The first-order valence-electron chi connectivity index (χ1n) is 5.57. The number of carbonyl (C=O) groups is 2. The molecule has 1 saturated heterocycles. The summed E-state index contributed by atoms with van der Waals surface area (Å²) in [5.74, 6) is -1.16. The third-order valence-electron chi connectivity index (χ3n) is 2.71. The largest absolute Gasteiger partial charge is 0.480 e. The second-order valence-electron chi connectivity index (χ2n) is 3.99. The minimum Gasteiger partial charge on any atom is -0.480 e. The van der Waals surface area contributed by atoms with Gasteiger partial charge in [-0.05, 0) is 13.3 Å². The highest BCUT2D eigenvalue weighted by molar-refractivity contribution is 5.82. The van der Waals surface area contributed by atoms with E-state index in [-0.39, 0.29) is 25.2 Å². The highest BCUT2D eigenvalue weighted by Gasteiger charge is 2.27. The molecule has 0 aromatic heterocycles. The lowest BCUT2D eigenvalue weighted by Crippen LogP contribution is -2.50. The number of carbonyl (C=O) groups excluding carboxylic acids is 1. The first kappa shape index (κ1) is 13.7. The van der Waals surface area contributed by atoms with Gasteiger partial charge in [-0.25, -0.2) is 9.59 Å². The molecular weight excluding hydrogens is 228 g/mol. The van der Waals surface area contributed by atoms with E-state index in [2.05, 4.69) is 10.6 Å². The van der Waals surface area contributed by atoms with Gasteiger partial charge in [-0.1, -0.05) is 0 Å². The van der Waals surface area contributed by atoms with Crippen molar-refractivity contribution in [3.63, 3.8) is 0 Å². The van der Waals surface area contributed by atoms with Gasteiger partial charge in [0.05, 0.1) is 12.1 Å². The van der Waals surface area contributed by atoms with Crippen LogP contribution in [0, 0.1) is 0 Å². The monoisotopic (exact) mass is 246 g/mol. The molecule has 4 N–H and O–H groups in total. The number of ether oxygens (including phenoxy) is 1. The van der Waals surface area contributed by atoms with Crippen molar-refractivity contribution in [1.29, 1.82) is 0 Å². The van der Waals surface area contributed by atoms with Crippen molar-refractivity contribution in [2.45, 2.75) is 38.0 Å². The van der Waals surface area contributed by atoms with Gasteiger partial charge in [0, 0.05) is 19.6 Å². The lowest BCUT2D eigenvalue weighted by molar-refractivity contribution is -0.139. The molecule has 2 amide bonds. The number of hydrogen-bond donors (Lipinski definition) is 4. The van der Waals surface area contributed by atoms with E-state index in [0.717, 1.165) is 0 Å². The van der Waals surface area contributed by atoms with Gasteiger partial charge >= 0.3 is 12.0 Å². The lowest BCUT2D eigenvalue weighted by atomic mass is 10.1. The Bertz CT molecular complexity index is 284. The SMILES string of the molecule is CC1OCCC1NC(=O)N[C@@H](CCO)C(=O)O. The molecule has 1 aliphatic rings. The number of nitrogens with one attached hydrogen (secondary N) is 2. The Morgan fingerprint density at radius 3 is 2.71 bits per heavy atom. The van der Waals surface area contributed by atoms with Crippen LogP contribution >= 0.6 is 0 Å². The molecule has 2 unspecified atom stereocenters. The van der Waals surface area contributed by atoms with E-state index >= 15 is 0 Å². The third kappa shape index (κ3) is 4.20. The predicted octanol–water partition coefficient (Wildman–Crippen LogP) is -0.701. The Morgan fingerprint density at radius 1 is 1.53 bits per heavy atom. The van der Waals surface area contributed by atoms with Crippen molar-refractivity contribution in [1.82, 2.24) is 10.6 Å². The molecule has 3 atom stereocenters. The van der Waals surface area contributed by atoms with Crippen LogP contribution in [-0.2, 0) is 9.53 Å². The topological polar surface area (TPSA) is 108 Å². The van der Waals surface area contributed by atoms with Crippen molar-refractivity contribution in [2.24, 2.45) is 0 Å². The molecule has 1 rings (SSSR count). The number of urea groups is 1. The number of aliphatic hydroxyl groups is 1. The zero-order chi connectivity index (χ0) is 12.8. The van der Waals surface area contributed by atoms with E-state index in [9.17, 15) is 9.59 Å². The number of carboxylic acids is 1. The Morgan fingerprint density at radius 2 is 2.24 bits per heavy atom. The number of amides is 2. The van der Waals surface area contributed by atoms with Gasteiger partial charge in [0.2, 0.25) is 0 Å². The Kier molecular flexibility index (Phi) is 5.17. The second-order valence-corrected chi connectivity index (χ2v) is 3.99. The molecule has 1 heterocycles.